The number of amides is 3. The van der Waals surface area contributed by atoms with Crippen LogP contribution in [0.4, 0.5) is 4.79 Å². The van der Waals surface area contributed by atoms with Gasteiger partial charge in [-0.2, -0.15) is 0 Å². The van der Waals surface area contributed by atoms with E-state index in [2.05, 4.69) is 10.3 Å². The molecular formula is C24H30N4O4. The number of benzene rings is 1. The van der Waals surface area contributed by atoms with E-state index in [-0.39, 0.29) is 36.7 Å². The third-order valence-electron chi connectivity index (χ3n) is 5.96. The van der Waals surface area contributed by atoms with Crippen LogP contribution in [0.5, 0.6) is 11.5 Å². The minimum absolute atomic E-state index is 0.0576. The lowest BCUT2D eigenvalue weighted by atomic mass is 9.93. The van der Waals surface area contributed by atoms with Crippen molar-refractivity contribution in [2.24, 2.45) is 5.92 Å². The van der Waals surface area contributed by atoms with Gasteiger partial charge in [0, 0.05) is 38.3 Å². The molecule has 0 radical (unpaired) electrons. The number of aromatic nitrogens is 1. The summed E-state index contributed by atoms with van der Waals surface area (Å²) < 4.78 is 11.0. The predicted molar refractivity (Wildman–Crippen MR) is 119 cm³/mol. The van der Waals surface area contributed by atoms with Crippen molar-refractivity contribution < 1.29 is 19.1 Å². The van der Waals surface area contributed by atoms with Crippen LogP contribution in [0, 0.1) is 5.92 Å². The van der Waals surface area contributed by atoms with E-state index >= 15 is 0 Å². The Bertz CT molecular complexity index is 958. The van der Waals surface area contributed by atoms with Crippen molar-refractivity contribution >= 4 is 11.9 Å². The molecule has 8 nitrogen and oxygen atoms in total. The van der Waals surface area contributed by atoms with Crippen molar-refractivity contribution in [1.29, 1.82) is 0 Å². The molecule has 1 atom stereocenters. The van der Waals surface area contributed by atoms with Gasteiger partial charge in [0.25, 0.3) is 0 Å². The summed E-state index contributed by atoms with van der Waals surface area (Å²) in [5.74, 6) is 1.30. The lowest BCUT2D eigenvalue weighted by Gasteiger charge is -2.36. The van der Waals surface area contributed by atoms with Crippen molar-refractivity contribution in [3.05, 3.63) is 53.9 Å². The maximum atomic E-state index is 13.5. The Hall–Kier alpha value is -3.29. The highest BCUT2D eigenvalue weighted by Gasteiger charge is 2.33. The Balaban J connectivity index is 1.51. The van der Waals surface area contributed by atoms with Crippen LogP contribution in [0.25, 0.3) is 0 Å². The van der Waals surface area contributed by atoms with Crippen LogP contribution in [0.3, 0.4) is 0 Å². The fourth-order valence-electron chi connectivity index (χ4n) is 4.30. The molecule has 2 aromatic rings. The number of fused-ring (bicyclic) bond motifs is 1. The van der Waals surface area contributed by atoms with E-state index in [1.54, 1.807) is 16.0 Å². The maximum absolute atomic E-state index is 13.5. The van der Waals surface area contributed by atoms with E-state index in [4.69, 9.17) is 9.47 Å². The van der Waals surface area contributed by atoms with Gasteiger partial charge in [-0.25, -0.2) is 4.79 Å². The predicted octanol–water partition coefficient (Wildman–Crippen LogP) is 3.19. The molecule has 1 unspecified atom stereocenters. The molecule has 1 aromatic heterocycles. The quantitative estimate of drug-likeness (QED) is 0.775. The van der Waals surface area contributed by atoms with Crippen LogP contribution in [-0.2, 0) is 4.79 Å². The van der Waals surface area contributed by atoms with Crippen LogP contribution in [0.15, 0.2) is 42.6 Å². The monoisotopic (exact) mass is 438 g/mol. The molecule has 1 N–H and O–H groups in total. The average Bonchev–Trinajstić information content (AvgIpc) is 3.27. The molecule has 0 aliphatic carbocycles. The van der Waals surface area contributed by atoms with Crippen molar-refractivity contribution in [2.75, 3.05) is 26.9 Å². The van der Waals surface area contributed by atoms with Gasteiger partial charge in [0.2, 0.25) is 12.7 Å². The van der Waals surface area contributed by atoms with E-state index in [0.717, 1.165) is 11.3 Å². The average molecular weight is 439 g/mol. The molecule has 4 rings (SSSR count). The van der Waals surface area contributed by atoms with Crippen LogP contribution in [0.2, 0.25) is 0 Å². The molecule has 8 heteroatoms. The zero-order valence-electron chi connectivity index (χ0n) is 18.8. The normalized spacial score (nSPS) is 16.7. The van der Waals surface area contributed by atoms with Crippen LogP contribution >= 0.6 is 0 Å². The minimum atomic E-state index is -0.347. The number of urea groups is 1. The van der Waals surface area contributed by atoms with Gasteiger partial charge in [0.05, 0.1) is 11.7 Å². The van der Waals surface area contributed by atoms with Crippen LogP contribution in [0.1, 0.15) is 44.0 Å². The first-order chi connectivity index (χ1) is 15.4. The molecule has 0 bridgehead atoms. The second kappa shape index (κ2) is 9.46. The van der Waals surface area contributed by atoms with Gasteiger partial charge >= 0.3 is 6.03 Å². The summed E-state index contributed by atoms with van der Waals surface area (Å²) in [6.45, 7) is 5.22. The number of ether oxygens (including phenoxy) is 2. The molecule has 3 heterocycles. The van der Waals surface area contributed by atoms with Gasteiger partial charge in [0.15, 0.2) is 11.5 Å². The zero-order valence-corrected chi connectivity index (χ0v) is 18.8. The first-order valence-electron chi connectivity index (χ1n) is 11.1. The molecular weight excluding hydrogens is 408 g/mol. The van der Waals surface area contributed by atoms with Crippen LogP contribution < -0.4 is 14.8 Å². The molecule has 2 aliphatic rings. The number of carbonyl (C=O) groups excluding carboxylic acids is 2. The van der Waals surface area contributed by atoms with Crippen LogP contribution in [-0.4, -0.2) is 59.7 Å². The smallest absolute Gasteiger partial charge is 0.317 e. The van der Waals surface area contributed by atoms with Gasteiger partial charge in [-0.1, -0.05) is 12.1 Å². The summed E-state index contributed by atoms with van der Waals surface area (Å²) in [6.07, 6.45) is 3.02. The summed E-state index contributed by atoms with van der Waals surface area (Å²) in [7, 11) is 1.82. The number of hydrogen-bond acceptors (Lipinski definition) is 5. The third kappa shape index (κ3) is 4.64. The Labute approximate surface area is 188 Å². The largest absolute Gasteiger partial charge is 0.454 e. The van der Waals surface area contributed by atoms with Crippen molar-refractivity contribution in [3.8, 4) is 11.5 Å². The van der Waals surface area contributed by atoms with E-state index in [0.29, 0.717) is 37.4 Å². The molecule has 1 saturated heterocycles. The number of piperidine rings is 1. The highest BCUT2D eigenvalue weighted by atomic mass is 16.7. The zero-order chi connectivity index (χ0) is 22.7. The summed E-state index contributed by atoms with van der Waals surface area (Å²) in [5, 5.41) is 2.92. The lowest BCUT2D eigenvalue weighted by Crippen LogP contribution is -2.48. The molecule has 0 saturated carbocycles. The third-order valence-corrected chi connectivity index (χ3v) is 5.96. The first kappa shape index (κ1) is 21.9. The highest BCUT2D eigenvalue weighted by Crippen LogP contribution is 2.37. The summed E-state index contributed by atoms with van der Waals surface area (Å²) >= 11 is 0. The van der Waals surface area contributed by atoms with E-state index < -0.39 is 0 Å². The number of rotatable bonds is 5. The first-order valence-corrected chi connectivity index (χ1v) is 11.1. The number of nitrogens with one attached hydrogen (secondary N) is 1. The van der Waals surface area contributed by atoms with Crippen molar-refractivity contribution in [3.63, 3.8) is 0 Å². The lowest BCUT2D eigenvalue weighted by molar-refractivity contribution is -0.137. The molecule has 170 valence electrons. The molecule has 2 aliphatic heterocycles. The Morgan fingerprint density at radius 1 is 1.12 bits per heavy atom. The number of hydrogen-bond donors (Lipinski definition) is 1. The summed E-state index contributed by atoms with van der Waals surface area (Å²) in [5.41, 5.74) is 1.70. The SMILES string of the molecule is CC(C)NC(=O)N1CCC(C(=O)N(C)C(c2ccc3c(c2)OCO3)c2ccccn2)CC1. The number of likely N-dealkylation sites (tertiary alicyclic amines) is 1. The molecule has 0 spiro atoms. The fraction of sp³-hybridized carbons (Fsp3) is 0.458. The Morgan fingerprint density at radius 3 is 2.56 bits per heavy atom. The fourth-order valence-corrected chi connectivity index (χ4v) is 4.30. The molecule has 32 heavy (non-hydrogen) atoms. The summed E-state index contributed by atoms with van der Waals surface area (Å²) in [6, 6.07) is 11.1. The van der Waals surface area contributed by atoms with Gasteiger partial charge in [-0.3, -0.25) is 9.78 Å². The topological polar surface area (TPSA) is 84.0 Å². The summed E-state index contributed by atoms with van der Waals surface area (Å²) in [4.78, 5) is 33.9. The second-order valence-electron chi connectivity index (χ2n) is 8.58. The second-order valence-corrected chi connectivity index (χ2v) is 8.58. The maximum Gasteiger partial charge on any atom is 0.317 e. The van der Waals surface area contributed by atoms with Gasteiger partial charge in [-0.05, 0) is 56.5 Å². The van der Waals surface area contributed by atoms with Gasteiger partial charge in [0.1, 0.15) is 0 Å². The molecule has 1 fully saturated rings. The van der Waals surface area contributed by atoms with Crippen molar-refractivity contribution in [1.82, 2.24) is 20.1 Å². The van der Waals surface area contributed by atoms with E-state index in [1.165, 1.54) is 0 Å². The van der Waals surface area contributed by atoms with Gasteiger partial charge in [-0.15, -0.1) is 0 Å². The number of carbonyl (C=O) groups is 2. The number of nitrogens with zero attached hydrogens (tertiary/aromatic N) is 3. The number of pyridine rings is 1. The van der Waals surface area contributed by atoms with E-state index in [9.17, 15) is 9.59 Å². The standard InChI is InChI=1S/C24H30N4O4/c1-16(2)26-24(30)28-12-9-17(10-13-28)23(29)27(3)22(19-6-4-5-11-25-19)18-7-8-20-21(14-18)32-15-31-20/h4-8,11,14,16-17,22H,9-10,12-13,15H2,1-3H3,(H,26,30). The molecule has 1 aromatic carbocycles. The Kier molecular flexibility index (Phi) is 6.48. The van der Waals surface area contributed by atoms with E-state index in [1.807, 2.05) is 57.3 Å². The Morgan fingerprint density at radius 2 is 1.88 bits per heavy atom. The molecule has 3 amide bonds. The van der Waals surface area contributed by atoms with Gasteiger partial charge < -0.3 is 24.6 Å². The van der Waals surface area contributed by atoms with Crippen molar-refractivity contribution in [2.45, 2.75) is 38.8 Å². The highest BCUT2D eigenvalue weighted by molar-refractivity contribution is 5.80. The minimum Gasteiger partial charge on any atom is -0.454 e.